The van der Waals surface area contributed by atoms with Crippen LogP contribution in [0, 0.1) is 13.8 Å². The zero-order valence-electron chi connectivity index (χ0n) is 10.7. The molecular weight excluding hydrogens is 206 g/mol. The molecule has 1 N–H and O–H groups in total. The van der Waals surface area contributed by atoms with Crippen LogP contribution in [0.4, 0.5) is 0 Å². The second kappa shape index (κ2) is 5.15. The molecule has 0 radical (unpaired) electrons. The van der Waals surface area contributed by atoms with E-state index in [9.17, 15) is 0 Å². The Hall–Kier alpha value is -1.60. The van der Waals surface area contributed by atoms with E-state index in [1.54, 1.807) is 0 Å². The minimum atomic E-state index is 0.274. The van der Waals surface area contributed by atoms with Gasteiger partial charge in [0.15, 0.2) is 0 Å². The van der Waals surface area contributed by atoms with Gasteiger partial charge in [0.05, 0.1) is 6.04 Å². The van der Waals surface area contributed by atoms with Crippen molar-refractivity contribution >= 4 is 0 Å². The van der Waals surface area contributed by atoms with Crippen LogP contribution >= 0.6 is 0 Å². The highest BCUT2D eigenvalue weighted by molar-refractivity contribution is 5.40. The fourth-order valence-corrected chi connectivity index (χ4v) is 2.23. The molecule has 0 bridgehead atoms. The largest absolute Gasteiger partial charge is 0.309 e. The van der Waals surface area contributed by atoms with E-state index in [4.69, 9.17) is 0 Å². The van der Waals surface area contributed by atoms with Crippen molar-refractivity contribution in [3.05, 3.63) is 70.8 Å². The van der Waals surface area contributed by atoms with Gasteiger partial charge in [0.2, 0.25) is 0 Å². The molecule has 0 aliphatic heterocycles. The molecule has 1 atom stereocenters. The molecule has 1 heteroatoms. The molecule has 2 rings (SSSR count). The molecule has 88 valence electrons. The van der Waals surface area contributed by atoms with Gasteiger partial charge in [-0.25, -0.2) is 0 Å². The summed E-state index contributed by atoms with van der Waals surface area (Å²) in [7, 11) is 2.01. The Morgan fingerprint density at radius 1 is 0.882 bits per heavy atom. The molecular formula is C16H19N. The topological polar surface area (TPSA) is 12.0 Å². The second-order valence-electron chi connectivity index (χ2n) is 4.42. The maximum atomic E-state index is 3.40. The summed E-state index contributed by atoms with van der Waals surface area (Å²) < 4.78 is 0. The predicted octanol–water partition coefficient (Wildman–Crippen LogP) is 3.61. The Morgan fingerprint density at radius 3 is 2.24 bits per heavy atom. The summed E-state index contributed by atoms with van der Waals surface area (Å²) in [5.41, 5.74) is 5.39. The van der Waals surface area contributed by atoms with Crippen LogP contribution in [-0.4, -0.2) is 7.05 Å². The lowest BCUT2D eigenvalue weighted by Crippen LogP contribution is -2.18. The van der Waals surface area contributed by atoms with Gasteiger partial charge in [0.25, 0.3) is 0 Å². The van der Waals surface area contributed by atoms with E-state index >= 15 is 0 Å². The van der Waals surface area contributed by atoms with E-state index in [1.165, 1.54) is 22.3 Å². The third-order valence-electron chi connectivity index (χ3n) is 3.38. The molecule has 0 aromatic heterocycles. The third kappa shape index (κ3) is 2.40. The minimum Gasteiger partial charge on any atom is -0.309 e. The van der Waals surface area contributed by atoms with Gasteiger partial charge in [-0.2, -0.15) is 0 Å². The Morgan fingerprint density at radius 2 is 1.59 bits per heavy atom. The summed E-state index contributed by atoms with van der Waals surface area (Å²) in [5, 5.41) is 3.40. The number of nitrogens with one attached hydrogen (secondary N) is 1. The fourth-order valence-electron chi connectivity index (χ4n) is 2.23. The van der Waals surface area contributed by atoms with E-state index in [0.717, 1.165) is 0 Å². The van der Waals surface area contributed by atoms with Gasteiger partial charge in [-0.15, -0.1) is 0 Å². The number of rotatable bonds is 3. The molecule has 1 unspecified atom stereocenters. The van der Waals surface area contributed by atoms with E-state index in [1.807, 2.05) is 7.05 Å². The number of benzene rings is 2. The average molecular weight is 225 g/mol. The van der Waals surface area contributed by atoms with Crippen LogP contribution in [0.2, 0.25) is 0 Å². The van der Waals surface area contributed by atoms with Gasteiger partial charge in [0.1, 0.15) is 0 Å². The highest BCUT2D eigenvalue weighted by Crippen LogP contribution is 2.25. The third-order valence-corrected chi connectivity index (χ3v) is 3.38. The van der Waals surface area contributed by atoms with Gasteiger partial charge in [0, 0.05) is 0 Å². The van der Waals surface area contributed by atoms with Crippen molar-refractivity contribution < 1.29 is 0 Å². The summed E-state index contributed by atoms with van der Waals surface area (Å²) >= 11 is 0. The van der Waals surface area contributed by atoms with Crippen LogP contribution in [0.15, 0.2) is 48.5 Å². The monoisotopic (exact) mass is 225 g/mol. The lowest BCUT2D eigenvalue weighted by molar-refractivity contribution is 0.687. The first-order valence-electron chi connectivity index (χ1n) is 6.02. The molecule has 0 heterocycles. The van der Waals surface area contributed by atoms with E-state index < -0.39 is 0 Å². The molecule has 0 saturated heterocycles. The highest BCUT2D eigenvalue weighted by Gasteiger charge is 2.14. The van der Waals surface area contributed by atoms with Crippen LogP contribution in [0.5, 0.6) is 0 Å². The van der Waals surface area contributed by atoms with Crippen LogP contribution < -0.4 is 5.32 Å². The number of hydrogen-bond acceptors (Lipinski definition) is 1. The van der Waals surface area contributed by atoms with Crippen molar-refractivity contribution in [3.8, 4) is 0 Å². The first-order chi connectivity index (χ1) is 8.24. The molecule has 2 aromatic rings. The Balaban J connectivity index is 2.46. The van der Waals surface area contributed by atoms with Crippen molar-refractivity contribution in [1.29, 1.82) is 0 Å². The molecule has 0 aliphatic carbocycles. The van der Waals surface area contributed by atoms with E-state index in [-0.39, 0.29) is 6.04 Å². The Kier molecular flexibility index (Phi) is 3.60. The van der Waals surface area contributed by atoms with Crippen molar-refractivity contribution in [3.63, 3.8) is 0 Å². The smallest absolute Gasteiger partial charge is 0.0576 e. The zero-order chi connectivity index (χ0) is 12.3. The standard InChI is InChI=1S/C16H19N/c1-12-8-7-11-15(13(12)2)16(17-3)14-9-5-4-6-10-14/h4-11,16-17H,1-3H3. The molecule has 2 aromatic carbocycles. The van der Waals surface area contributed by atoms with Gasteiger partial charge in [-0.1, -0.05) is 48.5 Å². The van der Waals surface area contributed by atoms with E-state index in [0.29, 0.717) is 0 Å². The first kappa shape index (κ1) is 11.9. The molecule has 0 aliphatic rings. The second-order valence-corrected chi connectivity index (χ2v) is 4.42. The zero-order valence-corrected chi connectivity index (χ0v) is 10.7. The van der Waals surface area contributed by atoms with Crippen molar-refractivity contribution in [2.75, 3.05) is 7.05 Å². The van der Waals surface area contributed by atoms with Crippen LogP contribution in [-0.2, 0) is 0 Å². The normalized spacial score (nSPS) is 12.4. The summed E-state index contributed by atoms with van der Waals surface area (Å²) in [6, 6.07) is 17.3. The first-order valence-corrected chi connectivity index (χ1v) is 6.02. The number of hydrogen-bond donors (Lipinski definition) is 1. The van der Waals surface area contributed by atoms with Gasteiger partial charge in [-0.05, 0) is 43.1 Å². The maximum Gasteiger partial charge on any atom is 0.0576 e. The molecule has 0 fully saturated rings. The fraction of sp³-hybridized carbons (Fsp3) is 0.250. The van der Waals surface area contributed by atoms with Gasteiger partial charge < -0.3 is 5.32 Å². The Labute approximate surface area is 103 Å². The minimum absolute atomic E-state index is 0.274. The van der Waals surface area contributed by atoms with Crippen LogP contribution in [0.25, 0.3) is 0 Å². The predicted molar refractivity (Wildman–Crippen MR) is 73.3 cm³/mol. The summed E-state index contributed by atoms with van der Waals surface area (Å²) in [5.74, 6) is 0. The summed E-state index contributed by atoms with van der Waals surface area (Å²) in [6.07, 6.45) is 0. The quantitative estimate of drug-likeness (QED) is 0.841. The Bertz CT molecular complexity index is 488. The van der Waals surface area contributed by atoms with Crippen LogP contribution in [0.3, 0.4) is 0 Å². The molecule has 1 nitrogen and oxygen atoms in total. The average Bonchev–Trinajstić information content (AvgIpc) is 2.37. The maximum absolute atomic E-state index is 3.40. The van der Waals surface area contributed by atoms with Crippen molar-refractivity contribution in [1.82, 2.24) is 5.32 Å². The SMILES string of the molecule is CNC(c1ccccc1)c1cccc(C)c1C. The molecule has 17 heavy (non-hydrogen) atoms. The molecule has 0 saturated carbocycles. The molecule has 0 amide bonds. The van der Waals surface area contributed by atoms with Gasteiger partial charge >= 0.3 is 0 Å². The highest BCUT2D eigenvalue weighted by atomic mass is 14.9. The lowest BCUT2D eigenvalue weighted by Gasteiger charge is -2.20. The van der Waals surface area contributed by atoms with Crippen molar-refractivity contribution in [2.24, 2.45) is 0 Å². The summed E-state index contributed by atoms with van der Waals surface area (Å²) in [4.78, 5) is 0. The summed E-state index contributed by atoms with van der Waals surface area (Å²) in [6.45, 7) is 4.36. The van der Waals surface area contributed by atoms with Crippen LogP contribution in [0.1, 0.15) is 28.3 Å². The lowest BCUT2D eigenvalue weighted by atomic mass is 9.93. The van der Waals surface area contributed by atoms with E-state index in [2.05, 4.69) is 67.7 Å². The van der Waals surface area contributed by atoms with Crippen molar-refractivity contribution in [2.45, 2.75) is 19.9 Å². The van der Waals surface area contributed by atoms with Gasteiger partial charge in [-0.3, -0.25) is 0 Å². The molecule has 0 spiro atoms. The number of aryl methyl sites for hydroxylation is 1.